The van der Waals surface area contributed by atoms with Gasteiger partial charge in [-0.05, 0) is 54.8 Å². The molecule has 0 aliphatic rings. The smallest absolute Gasteiger partial charge is 0.251 e. The van der Waals surface area contributed by atoms with Crippen LogP contribution in [0.25, 0.3) is 0 Å². The van der Waals surface area contributed by atoms with Crippen LogP contribution in [0.15, 0.2) is 36.4 Å². The molecule has 25 heavy (non-hydrogen) atoms. The summed E-state index contributed by atoms with van der Waals surface area (Å²) in [6, 6.07) is 10.9. The molecule has 0 fully saturated rings. The predicted octanol–water partition coefficient (Wildman–Crippen LogP) is 3.14. The van der Waals surface area contributed by atoms with Gasteiger partial charge in [0.05, 0.1) is 0 Å². The van der Waals surface area contributed by atoms with Crippen molar-refractivity contribution < 1.29 is 14.3 Å². The Labute approximate surface area is 152 Å². The van der Waals surface area contributed by atoms with Crippen LogP contribution in [0.1, 0.15) is 33.5 Å². The molecule has 0 saturated carbocycles. The van der Waals surface area contributed by atoms with Crippen molar-refractivity contribution in [3.63, 3.8) is 0 Å². The van der Waals surface area contributed by atoms with E-state index in [1.165, 1.54) is 0 Å². The molecule has 2 aromatic carbocycles. The van der Waals surface area contributed by atoms with E-state index < -0.39 is 5.91 Å². The van der Waals surface area contributed by atoms with Gasteiger partial charge in [-0.25, -0.2) is 0 Å². The summed E-state index contributed by atoms with van der Waals surface area (Å²) in [4.78, 5) is 22.6. The molecule has 2 aromatic rings. The molecule has 3 N–H and O–H groups in total. The van der Waals surface area contributed by atoms with Gasteiger partial charge in [-0.2, -0.15) is 0 Å². The molecule has 0 aliphatic heterocycles. The lowest BCUT2D eigenvalue weighted by atomic mass is 10.1. The zero-order valence-corrected chi connectivity index (χ0v) is 15.0. The van der Waals surface area contributed by atoms with Gasteiger partial charge in [-0.3, -0.25) is 9.59 Å². The fraction of sp³-hybridized carbons (Fsp3) is 0.263. The molecule has 5 nitrogen and oxygen atoms in total. The van der Waals surface area contributed by atoms with Crippen LogP contribution in [-0.4, -0.2) is 18.4 Å². The summed E-state index contributed by atoms with van der Waals surface area (Å²) in [5, 5.41) is 3.39. The van der Waals surface area contributed by atoms with E-state index in [2.05, 4.69) is 5.32 Å². The summed E-state index contributed by atoms with van der Waals surface area (Å²) in [7, 11) is 0. The Morgan fingerprint density at radius 3 is 2.28 bits per heavy atom. The molecule has 0 spiro atoms. The lowest BCUT2D eigenvalue weighted by molar-refractivity contribution is -0.117. The summed E-state index contributed by atoms with van der Waals surface area (Å²) in [6.45, 7) is 4.50. The number of carbonyl (C=O) groups excluding carboxylic acids is 2. The fourth-order valence-corrected chi connectivity index (χ4v) is 2.42. The largest absolute Gasteiger partial charge is 0.489 e. The number of nitrogens with two attached hydrogens (primary N) is 1. The van der Waals surface area contributed by atoms with Crippen LogP contribution in [0.3, 0.4) is 0 Å². The van der Waals surface area contributed by atoms with E-state index >= 15 is 0 Å². The van der Waals surface area contributed by atoms with Crippen molar-refractivity contribution in [3.8, 4) is 5.75 Å². The second kappa shape index (κ2) is 8.53. The second-order valence-electron chi connectivity index (χ2n) is 5.83. The number of hydrogen-bond acceptors (Lipinski definition) is 3. The van der Waals surface area contributed by atoms with Crippen molar-refractivity contribution in [3.05, 3.63) is 63.7 Å². The van der Waals surface area contributed by atoms with Crippen LogP contribution in [0.5, 0.6) is 5.75 Å². The topological polar surface area (TPSA) is 81.4 Å². The molecule has 0 aromatic heterocycles. The number of primary amides is 1. The Balaban J connectivity index is 1.92. The van der Waals surface area contributed by atoms with Crippen molar-refractivity contribution in [1.82, 2.24) is 5.32 Å². The highest BCUT2D eigenvalue weighted by Gasteiger charge is 2.07. The Hall–Kier alpha value is -2.53. The number of aryl methyl sites for hydroxylation is 2. The molecular weight excluding hydrogens is 340 g/mol. The minimum atomic E-state index is -0.444. The third-order valence-corrected chi connectivity index (χ3v) is 4.28. The molecular formula is C19H21ClN2O3. The van der Waals surface area contributed by atoms with Crippen LogP contribution in [-0.2, 0) is 11.4 Å². The summed E-state index contributed by atoms with van der Waals surface area (Å²) >= 11 is 6.15. The van der Waals surface area contributed by atoms with E-state index in [0.717, 1.165) is 27.5 Å². The number of hydrogen-bond donors (Lipinski definition) is 2. The number of amides is 2. The predicted molar refractivity (Wildman–Crippen MR) is 97.8 cm³/mol. The molecule has 0 heterocycles. The first-order valence-electron chi connectivity index (χ1n) is 7.92. The van der Waals surface area contributed by atoms with Crippen LogP contribution in [0.4, 0.5) is 0 Å². The molecule has 0 bridgehead atoms. The second-order valence-corrected chi connectivity index (χ2v) is 6.21. The van der Waals surface area contributed by atoms with Gasteiger partial charge in [0, 0.05) is 23.6 Å². The van der Waals surface area contributed by atoms with Gasteiger partial charge in [-0.15, -0.1) is 0 Å². The molecule has 0 saturated heterocycles. The lowest BCUT2D eigenvalue weighted by Gasteiger charge is -2.10. The first-order chi connectivity index (χ1) is 11.9. The standard InChI is InChI=1S/C19H21ClN2O3/c1-12-9-16(10-13(2)18(12)20)25-11-14-3-5-15(6-4-14)19(24)22-8-7-17(21)23/h3-6,9-10H,7-8,11H2,1-2H3,(H2,21,23)(H,22,24). The van der Waals surface area contributed by atoms with Crippen LogP contribution < -0.4 is 15.8 Å². The Morgan fingerprint density at radius 2 is 1.72 bits per heavy atom. The number of benzene rings is 2. The van der Waals surface area contributed by atoms with Crippen LogP contribution in [0, 0.1) is 13.8 Å². The third-order valence-electron chi connectivity index (χ3n) is 3.69. The average molecular weight is 361 g/mol. The van der Waals surface area contributed by atoms with Gasteiger partial charge in [0.1, 0.15) is 12.4 Å². The highest BCUT2D eigenvalue weighted by molar-refractivity contribution is 6.32. The maximum atomic E-state index is 11.9. The van der Waals surface area contributed by atoms with E-state index in [1.807, 2.05) is 38.1 Å². The summed E-state index contributed by atoms with van der Waals surface area (Å²) in [5.74, 6) is 0.0748. The highest BCUT2D eigenvalue weighted by Crippen LogP contribution is 2.26. The van der Waals surface area contributed by atoms with E-state index in [1.54, 1.807) is 12.1 Å². The third kappa shape index (κ3) is 5.50. The van der Waals surface area contributed by atoms with E-state index in [0.29, 0.717) is 12.2 Å². The molecule has 2 rings (SSSR count). The monoisotopic (exact) mass is 360 g/mol. The Morgan fingerprint density at radius 1 is 1.12 bits per heavy atom. The van der Waals surface area contributed by atoms with Crippen molar-refractivity contribution in [2.24, 2.45) is 5.73 Å². The SMILES string of the molecule is Cc1cc(OCc2ccc(C(=O)NCCC(N)=O)cc2)cc(C)c1Cl. The zero-order valence-electron chi connectivity index (χ0n) is 14.3. The molecule has 0 radical (unpaired) electrons. The minimum absolute atomic E-state index is 0.123. The minimum Gasteiger partial charge on any atom is -0.489 e. The Kier molecular flexibility index (Phi) is 6.42. The van der Waals surface area contributed by atoms with E-state index in [4.69, 9.17) is 22.1 Å². The molecule has 132 valence electrons. The molecule has 0 atom stereocenters. The van der Waals surface area contributed by atoms with Gasteiger partial charge >= 0.3 is 0 Å². The van der Waals surface area contributed by atoms with Gasteiger partial charge in [0.25, 0.3) is 5.91 Å². The quantitative estimate of drug-likeness (QED) is 0.795. The first-order valence-corrected chi connectivity index (χ1v) is 8.29. The molecule has 2 amide bonds. The molecule has 6 heteroatoms. The van der Waals surface area contributed by atoms with E-state index in [-0.39, 0.29) is 18.9 Å². The number of ether oxygens (including phenoxy) is 1. The van der Waals surface area contributed by atoms with Crippen molar-refractivity contribution >= 4 is 23.4 Å². The van der Waals surface area contributed by atoms with Gasteiger partial charge < -0.3 is 15.8 Å². The van der Waals surface area contributed by atoms with Gasteiger partial charge in [0.2, 0.25) is 5.91 Å². The summed E-state index contributed by atoms with van der Waals surface area (Å²) < 4.78 is 5.79. The van der Waals surface area contributed by atoms with Gasteiger partial charge in [-0.1, -0.05) is 23.7 Å². The van der Waals surface area contributed by atoms with Crippen molar-refractivity contribution in [2.45, 2.75) is 26.9 Å². The van der Waals surface area contributed by atoms with Crippen LogP contribution >= 0.6 is 11.6 Å². The normalized spacial score (nSPS) is 10.4. The summed E-state index contributed by atoms with van der Waals surface area (Å²) in [5.41, 5.74) is 8.44. The number of carbonyl (C=O) groups is 2. The number of nitrogens with one attached hydrogen (secondary N) is 1. The summed E-state index contributed by atoms with van der Waals surface area (Å²) in [6.07, 6.45) is 0.123. The van der Waals surface area contributed by atoms with Gasteiger partial charge in [0.15, 0.2) is 0 Å². The van der Waals surface area contributed by atoms with Crippen molar-refractivity contribution in [2.75, 3.05) is 6.54 Å². The average Bonchev–Trinajstić information content (AvgIpc) is 2.57. The van der Waals surface area contributed by atoms with Crippen LogP contribution in [0.2, 0.25) is 5.02 Å². The Bertz CT molecular complexity index is 750. The van der Waals surface area contributed by atoms with Crippen molar-refractivity contribution in [1.29, 1.82) is 0 Å². The highest BCUT2D eigenvalue weighted by atomic mass is 35.5. The lowest BCUT2D eigenvalue weighted by Crippen LogP contribution is -2.27. The first kappa shape index (κ1) is 18.8. The fourth-order valence-electron chi connectivity index (χ4n) is 2.31. The maximum Gasteiger partial charge on any atom is 0.251 e. The zero-order chi connectivity index (χ0) is 18.4. The molecule has 0 aliphatic carbocycles. The maximum absolute atomic E-state index is 11.9. The number of rotatable bonds is 7. The number of halogens is 1. The van der Waals surface area contributed by atoms with E-state index in [9.17, 15) is 9.59 Å². The molecule has 0 unspecified atom stereocenters.